The predicted octanol–water partition coefficient (Wildman–Crippen LogP) is 4.14. The van der Waals surface area contributed by atoms with Gasteiger partial charge in [-0.1, -0.05) is 6.07 Å². The molecule has 1 atom stereocenters. The van der Waals surface area contributed by atoms with Crippen LogP contribution in [0.5, 0.6) is 0 Å². The highest BCUT2D eigenvalue weighted by Crippen LogP contribution is 2.38. The molecular weight excluding hydrogens is 569 g/mol. The molecule has 2 saturated heterocycles. The molecule has 2 aliphatic heterocycles. The average Bonchev–Trinajstić information content (AvgIpc) is 3.35. The maximum absolute atomic E-state index is 14.6. The Kier molecular flexibility index (Phi) is 8.61. The lowest BCUT2D eigenvalue weighted by molar-refractivity contribution is 0.00361. The Morgan fingerprint density at radius 1 is 1.12 bits per heavy atom. The van der Waals surface area contributed by atoms with Gasteiger partial charge >= 0.3 is 0 Å². The minimum absolute atomic E-state index is 0.0593. The Bertz CT molecular complexity index is 1590. The molecule has 6 rings (SSSR count). The summed E-state index contributed by atoms with van der Waals surface area (Å²) in [7, 11) is -1.24. The summed E-state index contributed by atoms with van der Waals surface area (Å²) in [6.07, 6.45) is 5.68. The molecule has 0 unspecified atom stereocenters. The third-order valence-electron chi connectivity index (χ3n) is 9.54. The van der Waals surface area contributed by atoms with E-state index in [1.165, 1.54) is 17.7 Å². The summed E-state index contributed by atoms with van der Waals surface area (Å²) in [6.45, 7) is 7.98. The van der Waals surface area contributed by atoms with E-state index in [9.17, 15) is 17.6 Å². The zero-order valence-electron chi connectivity index (χ0n) is 25.3. The third kappa shape index (κ3) is 6.36. The monoisotopic (exact) mass is 611 g/mol. The van der Waals surface area contributed by atoms with Crippen LogP contribution >= 0.6 is 0 Å². The van der Waals surface area contributed by atoms with E-state index in [-0.39, 0.29) is 23.7 Å². The molecule has 1 amide bonds. The van der Waals surface area contributed by atoms with Crippen LogP contribution < -0.4 is 4.72 Å². The zero-order valence-corrected chi connectivity index (χ0v) is 26.1. The van der Waals surface area contributed by atoms with Crippen LogP contribution in [-0.4, -0.2) is 91.1 Å². The van der Waals surface area contributed by atoms with Crippen molar-refractivity contribution in [3.63, 3.8) is 0 Å². The third-order valence-corrected chi connectivity index (χ3v) is 11.0. The number of halogens is 1. The van der Waals surface area contributed by atoms with Gasteiger partial charge in [-0.15, -0.1) is 0 Å². The summed E-state index contributed by atoms with van der Waals surface area (Å²) < 4.78 is 48.7. The molecule has 1 saturated carbocycles. The Labute approximate surface area is 253 Å². The molecule has 3 aromatic rings. The van der Waals surface area contributed by atoms with Crippen LogP contribution in [-0.2, 0) is 21.8 Å². The number of hydrogen-bond donors (Lipinski definition) is 1. The van der Waals surface area contributed by atoms with E-state index in [2.05, 4.69) is 26.9 Å². The van der Waals surface area contributed by atoms with Crippen molar-refractivity contribution in [3.05, 3.63) is 53.5 Å². The van der Waals surface area contributed by atoms with Crippen LogP contribution in [0.2, 0.25) is 0 Å². The SMILES string of the molecule is CCS(=O)(=O)NC1CCC(CN2CC(c3cc(-c4ccc(F)cc4C(=O)N4CCOC[C@H]4C)c4cnn(C)c4c3)C2)CC1. The molecule has 1 aromatic heterocycles. The number of fused-ring (bicyclic) bond motifs is 1. The maximum Gasteiger partial charge on any atom is 0.254 e. The lowest BCUT2D eigenvalue weighted by atomic mass is 9.83. The second kappa shape index (κ2) is 12.3. The highest BCUT2D eigenvalue weighted by molar-refractivity contribution is 7.89. The van der Waals surface area contributed by atoms with Crippen LogP contribution in [0.4, 0.5) is 4.39 Å². The van der Waals surface area contributed by atoms with Crippen LogP contribution in [0.1, 0.15) is 61.4 Å². The summed E-state index contributed by atoms with van der Waals surface area (Å²) >= 11 is 0. The number of sulfonamides is 1. The van der Waals surface area contributed by atoms with Crippen molar-refractivity contribution in [2.24, 2.45) is 13.0 Å². The molecule has 232 valence electrons. The lowest BCUT2D eigenvalue weighted by Crippen LogP contribution is -2.48. The number of amides is 1. The van der Waals surface area contributed by atoms with E-state index in [0.717, 1.165) is 67.3 Å². The number of carbonyl (C=O) groups excluding carboxylic acids is 1. The van der Waals surface area contributed by atoms with Gasteiger partial charge in [0, 0.05) is 50.6 Å². The van der Waals surface area contributed by atoms with Crippen LogP contribution in [0.25, 0.3) is 22.0 Å². The fraction of sp³-hybridized carbons (Fsp3) is 0.562. The quantitative estimate of drug-likeness (QED) is 0.412. The van der Waals surface area contributed by atoms with E-state index < -0.39 is 15.8 Å². The second-order valence-electron chi connectivity index (χ2n) is 12.5. The first-order valence-electron chi connectivity index (χ1n) is 15.5. The molecule has 0 bridgehead atoms. The van der Waals surface area contributed by atoms with E-state index in [1.54, 1.807) is 17.9 Å². The van der Waals surface area contributed by atoms with E-state index in [1.807, 2.05) is 24.9 Å². The number of rotatable bonds is 8. The maximum atomic E-state index is 14.6. The highest BCUT2D eigenvalue weighted by Gasteiger charge is 2.33. The van der Waals surface area contributed by atoms with Gasteiger partial charge in [-0.3, -0.25) is 9.48 Å². The largest absolute Gasteiger partial charge is 0.377 e. The van der Waals surface area contributed by atoms with Gasteiger partial charge in [-0.2, -0.15) is 5.10 Å². The van der Waals surface area contributed by atoms with Gasteiger partial charge < -0.3 is 14.5 Å². The number of likely N-dealkylation sites (tertiary alicyclic amines) is 1. The average molecular weight is 612 g/mol. The number of aryl methyl sites for hydroxylation is 1. The number of nitrogens with zero attached hydrogens (tertiary/aromatic N) is 4. The number of ether oxygens (including phenoxy) is 1. The van der Waals surface area contributed by atoms with Crippen LogP contribution in [0, 0.1) is 11.7 Å². The molecule has 0 spiro atoms. The van der Waals surface area contributed by atoms with Gasteiger partial charge in [0.25, 0.3) is 5.91 Å². The number of morpholine rings is 1. The minimum Gasteiger partial charge on any atom is -0.377 e. The molecule has 43 heavy (non-hydrogen) atoms. The van der Waals surface area contributed by atoms with Gasteiger partial charge in [0.2, 0.25) is 10.0 Å². The molecule has 11 heteroatoms. The van der Waals surface area contributed by atoms with Crippen LogP contribution in [0.15, 0.2) is 36.5 Å². The summed E-state index contributed by atoms with van der Waals surface area (Å²) in [5, 5.41) is 5.46. The first-order chi connectivity index (χ1) is 20.6. The number of hydrogen-bond acceptors (Lipinski definition) is 6. The van der Waals surface area contributed by atoms with Gasteiger partial charge in [-0.25, -0.2) is 17.5 Å². The molecule has 3 heterocycles. The summed E-state index contributed by atoms with van der Waals surface area (Å²) in [5.74, 6) is 0.441. The Balaban J connectivity index is 1.19. The van der Waals surface area contributed by atoms with Crippen molar-refractivity contribution in [2.45, 2.75) is 57.5 Å². The Hall–Kier alpha value is -2.86. The van der Waals surface area contributed by atoms with E-state index in [0.29, 0.717) is 37.2 Å². The molecule has 2 aromatic carbocycles. The molecule has 1 N–H and O–H groups in total. The summed E-state index contributed by atoms with van der Waals surface area (Å²) in [5.41, 5.74) is 4.17. The standard InChI is InChI=1S/C32H42FN5O4S/c1-4-43(40,41)35-26-8-5-22(6-9-26)17-37-18-24(19-37)23-13-28(30-16-34-36(3)31(30)14-23)27-10-7-25(33)15-29(27)32(39)38-11-12-42-20-21(38)2/h7,10,13-16,21-22,24,26,35H,4-6,8-9,11-12,17-20H2,1-3H3/t21-,22?,26?/m1/s1. The predicted molar refractivity (Wildman–Crippen MR) is 165 cm³/mol. The van der Waals surface area contributed by atoms with Crippen molar-refractivity contribution >= 4 is 26.8 Å². The fourth-order valence-corrected chi connectivity index (χ4v) is 7.85. The second-order valence-corrected chi connectivity index (χ2v) is 14.6. The molecule has 3 aliphatic rings. The number of nitrogens with one attached hydrogen (secondary N) is 1. The van der Waals surface area contributed by atoms with Crippen molar-refractivity contribution < 1.29 is 22.3 Å². The van der Waals surface area contributed by atoms with Crippen LogP contribution in [0.3, 0.4) is 0 Å². The molecule has 9 nitrogen and oxygen atoms in total. The molecule has 0 radical (unpaired) electrons. The van der Waals surface area contributed by atoms with Gasteiger partial charge in [-0.05, 0) is 86.4 Å². The summed E-state index contributed by atoms with van der Waals surface area (Å²) in [6, 6.07) is 8.86. The Morgan fingerprint density at radius 2 is 1.88 bits per heavy atom. The van der Waals surface area contributed by atoms with E-state index in [4.69, 9.17) is 4.74 Å². The Morgan fingerprint density at radius 3 is 2.60 bits per heavy atom. The normalized spacial score (nSPS) is 23.9. The van der Waals surface area contributed by atoms with Crippen molar-refractivity contribution in [2.75, 3.05) is 45.1 Å². The smallest absolute Gasteiger partial charge is 0.254 e. The first-order valence-corrected chi connectivity index (χ1v) is 17.1. The molecule has 1 aliphatic carbocycles. The fourth-order valence-electron chi connectivity index (χ4n) is 6.94. The number of carbonyl (C=O) groups is 1. The molecule has 3 fully saturated rings. The summed E-state index contributed by atoms with van der Waals surface area (Å²) in [4.78, 5) is 18.0. The number of benzene rings is 2. The van der Waals surface area contributed by atoms with E-state index >= 15 is 0 Å². The number of aromatic nitrogens is 2. The lowest BCUT2D eigenvalue weighted by Gasteiger charge is -2.43. The zero-order chi connectivity index (χ0) is 30.3. The molecular formula is C32H42FN5O4S. The first kappa shape index (κ1) is 30.2. The van der Waals surface area contributed by atoms with Crippen molar-refractivity contribution in [1.29, 1.82) is 0 Å². The van der Waals surface area contributed by atoms with Gasteiger partial charge in [0.05, 0.1) is 42.3 Å². The minimum atomic E-state index is -3.16. The van der Waals surface area contributed by atoms with Crippen molar-refractivity contribution in [1.82, 2.24) is 24.3 Å². The van der Waals surface area contributed by atoms with Gasteiger partial charge in [0.1, 0.15) is 5.82 Å². The highest BCUT2D eigenvalue weighted by atomic mass is 32.2. The van der Waals surface area contributed by atoms with Crippen molar-refractivity contribution in [3.8, 4) is 11.1 Å². The van der Waals surface area contributed by atoms with Gasteiger partial charge in [0.15, 0.2) is 0 Å². The topological polar surface area (TPSA) is 96.8 Å².